The molecule has 1 unspecified atom stereocenters. The Kier molecular flexibility index (Phi) is 4.92. The van der Waals surface area contributed by atoms with E-state index in [1.165, 1.54) is 24.3 Å². The Balaban J connectivity index is 1.66. The zero-order valence-corrected chi connectivity index (χ0v) is 13.6. The number of aromatic nitrogens is 1. The molecule has 2 aromatic rings. The predicted molar refractivity (Wildman–Crippen MR) is 92.7 cm³/mol. The molecule has 1 aliphatic rings. The van der Waals surface area contributed by atoms with E-state index in [4.69, 9.17) is 5.73 Å². The number of piperidine rings is 1. The number of halogens is 1. The van der Waals surface area contributed by atoms with E-state index >= 15 is 0 Å². The highest BCUT2D eigenvalue weighted by atomic mass is 19.1. The summed E-state index contributed by atoms with van der Waals surface area (Å²) in [5.41, 5.74) is 6.15. The van der Waals surface area contributed by atoms with Crippen molar-refractivity contribution in [3.8, 4) is 0 Å². The van der Waals surface area contributed by atoms with Crippen LogP contribution in [0.15, 0.2) is 42.6 Å². The van der Waals surface area contributed by atoms with Crippen LogP contribution >= 0.6 is 0 Å². The molecule has 1 fully saturated rings. The third kappa shape index (κ3) is 4.12. The number of anilines is 2. The van der Waals surface area contributed by atoms with E-state index in [1.54, 1.807) is 18.3 Å². The SMILES string of the molecule is NC(=O)C1CCCN(c2ccc(NC(=O)c3cccc(F)c3)cn2)C1. The van der Waals surface area contributed by atoms with Crippen molar-refractivity contribution in [2.75, 3.05) is 23.3 Å². The average molecular weight is 342 g/mol. The lowest BCUT2D eigenvalue weighted by atomic mass is 9.97. The van der Waals surface area contributed by atoms with Gasteiger partial charge >= 0.3 is 0 Å². The molecule has 0 bridgehead atoms. The fraction of sp³-hybridized carbons (Fsp3) is 0.278. The lowest BCUT2D eigenvalue weighted by Crippen LogP contribution is -2.41. The standard InChI is InChI=1S/C18H19FN4O2/c19-14-5-1-3-12(9-14)18(25)22-15-6-7-16(21-10-15)23-8-2-4-13(11-23)17(20)24/h1,3,5-7,9-10,13H,2,4,8,11H2,(H2,20,24)(H,22,25). The van der Waals surface area contributed by atoms with Crippen LogP contribution in [0, 0.1) is 11.7 Å². The Labute approximate surface area is 144 Å². The van der Waals surface area contributed by atoms with E-state index in [0.717, 1.165) is 25.2 Å². The maximum atomic E-state index is 13.2. The smallest absolute Gasteiger partial charge is 0.255 e. The summed E-state index contributed by atoms with van der Waals surface area (Å²) in [5.74, 6) is -0.586. The number of primary amides is 1. The maximum Gasteiger partial charge on any atom is 0.255 e. The molecule has 0 saturated carbocycles. The molecule has 0 aliphatic carbocycles. The number of hydrogen-bond acceptors (Lipinski definition) is 4. The second-order valence-corrected chi connectivity index (χ2v) is 6.06. The summed E-state index contributed by atoms with van der Waals surface area (Å²) in [6.45, 7) is 1.36. The summed E-state index contributed by atoms with van der Waals surface area (Å²) >= 11 is 0. The van der Waals surface area contributed by atoms with Gasteiger partial charge in [-0.15, -0.1) is 0 Å². The fourth-order valence-electron chi connectivity index (χ4n) is 2.90. The van der Waals surface area contributed by atoms with Gasteiger partial charge < -0.3 is 16.0 Å². The molecule has 1 aromatic carbocycles. The van der Waals surface area contributed by atoms with Crippen LogP contribution in [0.2, 0.25) is 0 Å². The predicted octanol–water partition coefficient (Wildman–Crippen LogP) is 2.17. The molecule has 3 N–H and O–H groups in total. The molecule has 1 saturated heterocycles. The number of rotatable bonds is 4. The zero-order chi connectivity index (χ0) is 17.8. The van der Waals surface area contributed by atoms with Crippen molar-refractivity contribution in [3.05, 3.63) is 54.0 Å². The van der Waals surface area contributed by atoms with Crippen LogP contribution in [0.3, 0.4) is 0 Å². The van der Waals surface area contributed by atoms with Gasteiger partial charge in [0.15, 0.2) is 0 Å². The number of carbonyl (C=O) groups is 2. The van der Waals surface area contributed by atoms with Crippen molar-refractivity contribution in [1.29, 1.82) is 0 Å². The first-order valence-electron chi connectivity index (χ1n) is 8.10. The number of benzene rings is 1. The zero-order valence-electron chi connectivity index (χ0n) is 13.6. The lowest BCUT2D eigenvalue weighted by Gasteiger charge is -2.32. The molecule has 7 heteroatoms. The molecule has 25 heavy (non-hydrogen) atoms. The summed E-state index contributed by atoms with van der Waals surface area (Å²) in [6.07, 6.45) is 3.22. The first-order valence-corrected chi connectivity index (χ1v) is 8.10. The molecule has 1 aliphatic heterocycles. The highest BCUT2D eigenvalue weighted by Crippen LogP contribution is 2.22. The summed E-state index contributed by atoms with van der Waals surface area (Å²) in [7, 11) is 0. The van der Waals surface area contributed by atoms with Crippen LogP contribution in [0.25, 0.3) is 0 Å². The fourth-order valence-corrected chi connectivity index (χ4v) is 2.90. The van der Waals surface area contributed by atoms with Gasteiger partial charge in [0.05, 0.1) is 17.8 Å². The minimum Gasteiger partial charge on any atom is -0.369 e. The largest absolute Gasteiger partial charge is 0.369 e. The van der Waals surface area contributed by atoms with Crippen molar-refractivity contribution in [2.24, 2.45) is 11.7 Å². The molecule has 6 nitrogen and oxygen atoms in total. The molecule has 0 spiro atoms. The van der Waals surface area contributed by atoms with Crippen LogP contribution in [0.5, 0.6) is 0 Å². The summed E-state index contributed by atoms with van der Waals surface area (Å²) in [5, 5.41) is 2.68. The average Bonchev–Trinajstić information content (AvgIpc) is 2.62. The van der Waals surface area contributed by atoms with Crippen molar-refractivity contribution in [2.45, 2.75) is 12.8 Å². The highest BCUT2D eigenvalue weighted by molar-refractivity contribution is 6.04. The number of nitrogens with one attached hydrogen (secondary N) is 1. The van der Waals surface area contributed by atoms with Gasteiger partial charge in [-0.05, 0) is 43.2 Å². The molecule has 0 radical (unpaired) electrons. The van der Waals surface area contributed by atoms with Crippen LogP contribution in [-0.4, -0.2) is 29.9 Å². The summed E-state index contributed by atoms with van der Waals surface area (Å²) in [6, 6.07) is 8.99. The third-order valence-electron chi connectivity index (χ3n) is 4.24. The van der Waals surface area contributed by atoms with E-state index in [-0.39, 0.29) is 17.4 Å². The van der Waals surface area contributed by atoms with Gasteiger partial charge in [0.1, 0.15) is 11.6 Å². The number of nitrogens with two attached hydrogens (primary N) is 1. The Hall–Kier alpha value is -2.96. The van der Waals surface area contributed by atoms with E-state index in [0.29, 0.717) is 12.2 Å². The van der Waals surface area contributed by atoms with Crippen molar-refractivity contribution in [1.82, 2.24) is 4.98 Å². The minimum atomic E-state index is -0.463. The number of carbonyl (C=O) groups excluding carboxylic acids is 2. The quantitative estimate of drug-likeness (QED) is 0.891. The summed E-state index contributed by atoms with van der Waals surface area (Å²) < 4.78 is 13.2. The normalized spacial score (nSPS) is 17.2. The van der Waals surface area contributed by atoms with Crippen molar-refractivity contribution >= 4 is 23.3 Å². The molecule has 130 valence electrons. The molecule has 2 heterocycles. The van der Waals surface area contributed by atoms with E-state index in [9.17, 15) is 14.0 Å². The molecular formula is C18H19FN4O2. The van der Waals surface area contributed by atoms with Gasteiger partial charge in [-0.3, -0.25) is 9.59 Å². The Bertz CT molecular complexity index is 779. The van der Waals surface area contributed by atoms with Crippen LogP contribution in [-0.2, 0) is 4.79 Å². The van der Waals surface area contributed by atoms with Gasteiger partial charge in [-0.25, -0.2) is 9.37 Å². The molecular weight excluding hydrogens is 323 g/mol. The lowest BCUT2D eigenvalue weighted by molar-refractivity contribution is -0.122. The van der Waals surface area contributed by atoms with E-state index < -0.39 is 11.7 Å². The van der Waals surface area contributed by atoms with Crippen LogP contribution < -0.4 is 16.0 Å². The van der Waals surface area contributed by atoms with Crippen molar-refractivity contribution < 1.29 is 14.0 Å². The van der Waals surface area contributed by atoms with Gasteiger partial charge in [0.2, 0.25) is 5.91 Å². The Morgan fingerprint density at radius 1 is 1.28 bits per heavy atom. The third-order valence-corrected chi connectivity index (χ3v) is 4.24. The second-order valence-electron chi connectivity index (χ2n) is 6.06. The van der Waals surface area contributed by atoms with Crippen LogP contribution in [0.4, 0.5) is 15.9 Å². The molecule has 1 aromatic heterocycles. The number of nitrogens with zero attached hydrogens (tertiary/aromatic N) is 2. The number of amides is 2. The van der Waals surface area contributed by atoms with E-state index in [2.05, 4.69) is 10.3 Å². The topological polar surface area (TPSA) is 88.3 Å². The minimum absolute atomic E-state index is 0.164. The van der Waals surface area contributed by atoms with Crippen LogP contribution in [0.1, 0.15) is 23.2 Å². The molecule has 2 amide bonds. The number of hydrogen-bond donors (Lipinski definition) is 2. The summed E-state index contributed by atoms with van der Waals surface area (Å²) in [4.78, 5) is 29.8. The first-order chi connectivity index (χ1) is 12.0. The molecule has 3 rings (SSSR count). The first kappa shape index (κ1) is 16.9. The molecule has 1 atom stereocenters. The van der Waals surface area contributed by atoms with Gasteiger partial charge in [-0.2, -0.15) is 0 Å². The Morgan fingerprint density at radius 3 is 2.80 bits per heavy atom. The highest BCUT2D eigenvalue weighted by Gasteiger charge is 2.24. The number of pyridine rings is 1. The Morgan fingerprint density at radius 2 is 2.12 bits per heavy atom. The van der Waals surface area contributed by atoms with Crippen molar-refractivity contribution in [3.63, 3.8) is 0 Å². The van der Waals surface area contributed by atoms with E-state index in [1.807, 2.05) is 4.90 Å². The van der Waals surface area contributed by atoms with Gasteiger partial charge in [0, 0.05) is 18.7 Å². The second kappa shape index (κ2) is 7.29. The van der Waals surface area contributed by atoms with Gasteiger partial charge in [-0.1, -0.05) is 6.07 Å². The maximum absolute atomic E-state index is 13.2. The van der Waals surface area contributed by atoms with Gasteiger partial charge in [0.25, 0.3) is 5.91 Å². The monoisotopic (exact) mass is 342 g/mol.